The van der Waals surface area contributed by atoms with Gasteiger partial charge in [-0.2, -0.15) is 0 Å². The van der Waals surface area contributed by atoms with Crippen LogP contribution in [-0.2, 0) is 0 Å². The van der Waals surface area contributed by atoms with Gasteiger partial charge in [-0.05, 0) is 38.3 Å². The van der Waals surface area contributed by atoms with E-state index >= 15 is 0 Å². The number of nitrogens with zero attached hydrogens (tertiary/aromatic N) is 1. The predicted octanol–water partition coefficient (Wildman–Crippen LogP) is 4.29. The van der Waals surface area contributed by atoms with Gasteiger partial charge in [0, 0.05) is 17.4 Å². The van der Waals surface area contributed by atoms with Gasteiger partial charge in [0.15, 0.2) is 0 Å². The van der Waals surface area contributed by atoms with Crippen molar-refractivity contribution < 1.29 is 9.53 Å². The molecular formula is C19H24N2O2. The fourth-order valence-corrected chi connectivity index (χ4v) is 2.34. The molecule has 0 radical (unpaired) electrons. The van der Waals surface area contributed by atoms with Crippen LogP contribution in [0.1, 0.15) is 41.2 Å². The SMILES string of the molecule is Cc1cc(OCC(C)C)c(C(=O)Nc2ccccc2C)c(C)n1. The van der Waals surface area contributed by atoms with E-state index in [0.717, 1.165) is 16.9 Å². The monoisotopic (exact) mass is 312 g/mol. The first-order valence-corrected chi connectivity index (χ1v) is 7.86. The molecule has 1 N–H and O–H groups in total. The Labute approximate surface area is 137 Å². The molecule has 1 aromatic heterocycles. The molecule has 4 nitrogen and oxygen atoms in total. The first kappa shape index (κ1) is 17.0. The van der Waals surface area contributed by atoms with Crippen LogP contribution in [0.3, 0.4) is 0 Å². The lowest BCUT2D eigenvalue weighted by atomic mass is 10.1. The molecule has 0 saturated carbocycles. The smallest absolute Gasteiger partial charge is 0.261 e. The molecule has 1 heterocycles. The number of hydrogen-bond acceptors (Lipinski definition) is 3. The number of ether oxygens (including phenoxy) is 1. The average molecular weight is 312 g/mol. The molecule has 0 bridgehead atoms. The molecule has 0 aliphatic carbocycles. The number of aryl methyl sites for hydroxylation is 3. The number of rotatable bonds is 5. The summed E-state index contributed by atoms with van der Waals surface area (Å²) in [4.78, 5) is 17.1. The zero-order valence-electron chi connectivity index (χ0n) is 14.4. The third-order valence-electron chi connectivity index (χ3n) is 3.48. The van der Waals surface area contributed by atoms with E-state index in [1.165, 1.54) is 0 Å². The average Bonchev–Trinajstić information content (AvgIpc) is 2.46. The van der Waals surface area contributed by atoms with Gasteiger partial charge in [-0.15, -0.1) is 0 Å². The number of amides is 1. The summed E-state index contributed by atoms with van der Waals surface area (Å²) in [6.45, 7) is 10.4. The Bertz CT molecular complexity index is 709. The van der Waals surface area contributed by atoms with Crippen molar-refractivity contribution in [2.75, 3.05) is 11.9 Å². The van der Waals surface area contributed by atoms with Crippen LogP contribution in [0.5, 0.6) is 5.75 Å². The second-order valence-electron chi connectivity index (χ2n) is 6.20. The number of pyridine rings is 1. The molecule has 122 valence electrons. The number of benzene rings is 1. The molecule has 23 heavy (non-hydrogen) atoms. The highest BCUT2D eigenvalue weighted by molar-refractivity contribution is 6.07. The predicted molar refractivity (Wildman–Crippen MR) is 93.2 cm³/mol. The van der Waals surface area contributed by atoms with Gasteiger partial charge in [-0.1, -0.05) is 32.0 Å². The van der Waals surface area contributed by atoms with Crippen LogP contribution >= 0.6 is 0 Å². The minimum absolute atomic E-state index is 0.192. The Morgan fingerprint density at radius 3 is 2.57 bits per heavy atom. The van der Waals surface area contributed by atoms with E-state index in [9.17, 15) is 4.79 Å². The van der Waals surface area contributed by atoms with Crippen molar-refractivity contribution in [3.05, 3.63) is 52.8 Å². The third kappa shape index (κ3) is 4.31. The molecule has 4 heteroatoms. The molecule has 0 spiro atoms. The number of aromatic nitrogens is 1. The van der Waals surface area contributed by atoms with Crippen molar-refractivity contribution in [3.8, 4) is 5.75 Å². The largest absolute Gasteiger partial charge is 0.492 e. The maximum atomic E-state index is 12.7. The topological polar surface area (TPSA) is 51.2 Å². The van der Waals surface area contributed by atoms with Crippen LogP contribution in [0.15, 0.2) is 30.3 Å². The molecule has 0 aliphatic rings. The molecule has 0 unspecified atom stereocenters. The number of nitrogens with one attached hydrogen (secondary N) is 1. The molecule has 0 atom stereocenters. The Kier molecular flexibility index (Phi) is 5.37. The van der Waals surface area contributed by atoms with Gasteiger partial charge in [0.25, 0.3) is 5.91 Å². The van der Waals surface area contributed by atoms with E-state index in [-0.39, 0.29) is 5.91 Å². The molecule has 0 aliphatic heterocycles. The van der Waals surface area contributed by atoms with E-state index in [2.05, 4.69) is 24.1 Å². The van der Waals surface area contributed by atoms with Gasteiger partial charge in [-0.25, -0.2) is 0 Å². The Morgan fingerprint density at radius 1 is 1.22 bits per heavy atom. The first-order chi connectivity index (χ1) is 10.9. The summed E-state index contributed by atoms with van der Waals surface area (Å²) in [6.07, 6.45) is 0. The summed E-state index contributed by atoms with van der Waals surface area (Å²) in [5, 5.41) is 2.96. The van der Waals surface area contributed by atoms with Crippen LogP contribution in [0, 0.1) is 26.7 Å². The Hall–Kier alpha value is -2.36. The lowest BCUT2D eigenvalue weighted by Gasteiger charge is -2.16. The number of hydrogen-bond donors (Lipinski definition) is 1. The third-order valence-corrected chi connectivity index (χ3v) is 3.48. The van der Waals surface area contributed by atoms with E-state index in [0.29, 0.717) is 29.5 Å². The Morgan fingerprint density at radius 2 is 1.91 bits per heavy atom. The van der Waals surface area contributed by atoms with Crippen molar-refractivity contribution in [2.45, 2.75) is 34.6 Å². The number of carbonyl (C=O) groups is 1. The second-order valence-corrected chi connectivity index (χ2v) is 6.20. The van der Waals surface area contributed by atoms with Gasteiger partial charge in [0.1, 0.15) is 11.3 Å². The molecular weight excluding hydrogens is 288 g/mol. The minimum Gasteiger partial charge on any atom is -0.492 e. The van der Waals surface area contributed by atoms with E-state index in [1.807, 2.05) is 51.1 Å². The lowest BCUT2D eigenvalue weighted by molar-refractivity contribution is 0.102. The van der Waals surface area contributed by atoms with Gasteiger partial charge in [0.05, 0.1) is 12.3 Å². The van der Waals surface area contributed by atoms with Crippen LogP contribution in [0.25, 0.3) is 0 Å². The number of anilines is 1. The van der Waals surface area contributed by atoms with Crippen molar-refractivity contribution in [3.63, 3.8) is 0 Å². The van der Waals surface area contributed by atoms with Crippen LogP contribution in [0.2, 0.25) is 0 Å². The standard InChI is InChI=1S/C19H24N2O2/c1-12(2)11-23-17-10-14(4)20-15(5)18(17)19(22)21-16-9-7-6-8-13(16)3/h6-10,12H,11H2,1-5H3,(H,21,22). The van der Waals surface area contributed by atoms with E-state index < -0.39 is 0 Å². The molecule has 1 amide bonds. The van der Waals surface area contributed by atoms with E-state index in [4.69, 9.17) is 4.74 Å². The highest BCUT2D eigenvalue weighted by Crippen LogP contribution is 2.25. The summed E-state index contributed by atoms with van der Waals surface area (Å²) in [7, 11) is 0. The van der Waals surface area contributed by atoms with Gasteiger partial charge in [-0.3, -0.25) is 9.78 Å². The summed E-state index contributed by atoms with van der Waals surface area (Å²) in [5.41, 5.74) is 3.83. The van der Waals surface area contributed by atoms with Crippen molar-refractivity contribution in [2.24, 2.45) is 5.92 Å². The minimum atomic E-state index is -0.192. The molecule has 2 rings (SSSR count). The van der Waals surface area contributed by atoms with Crippen LogP contribution < -0.4 is 10.1 Å². The van der Waals surface area contributed by atoms with Crippen molar-refractivity contribution in [1.82, 2.24) is 4.98 Å². The van der Waals surface area contributed by atoms with Gasteiger partial charge < -0.3 is 10.1 Å². The molecule has 0 saturated heterocycles. The van der Waals surface area contributed by atoms with Crippen LogP contribution in [0.4, 0.5) is 5.69 Å². The maximum absolute atomic E-state index is 12.7. The fraction of sp³-hybridized carbons (Fsp3) is 0.368. The Balaban J connectivity index is 2.33. The second kappa shape index (κ2) is 7.27. The quantitative estimate of drug-likeness (QED) is 0.896. The normalized spacial score (nSPS) is 10.7. The summed E-state index contributed by atoms with van der Waals surface area (Å²) in [5.74, 6) is 0.786. The van der Waals surface area contributed by atoms with Crippen LogP contribution in [-0.4, -0.2) is 17.5 Å². The molecule has 1 aromatic carbocycles. The lowest BCUT2D eigenvalue weighted by Crippen LogP contribution is -2.18. The summed E-state index contributed by atoms with van der Waals surface area (Å²) in [6, 6.07) is 9.52. The zero-order valence-corrected chi connectivity index (χ0v) is 14.4. The highest BCUT2D eigenvalue weighted by atomic mass is 16.5. The first-order valence-electron chi connectivity index (χ1n) is 7.86. The van der Waals surface area contributed by atoms with E-state index in [1.54, 1.807) is 0 Å². The number of para-hydroxylation sites is 1. The van der Waals surface area contributed by atoms with Crippen molar-refractivity contribution in [1.29, 1.82) is 0 Å². The highest BCUT2D eigenvalue weighted by Gasteiger charge is 2.18. The van der Waals surface area contributed by atoms with Crippen molar-refractivity contribution >= 4 is 11.6 Å². The fourth-order valence-electron chi connectivity index (χ4n) is 2.34. The van der Waals surface area contributed by atoms with Gasteiger partial charge >= 0.3 is 0 Å². The summed E-state index contributed by atoms with van der Waals surface area (Å²) < 4.78 is 5.85. The number of carbonyl (C=O) groups excluding carboxylic acids is 1. The zero-order chi connectivity index (χ0) is 17.0. The van der Waals surface area contributed by atoms with Gasteiger partial charge in [0.2, 0.25) is 0 Å². The molecule has 2 aromatic rings. The maximum Gasteiger partial charge on any atom is 0.261 e. The summed E-state index contributed by atoms with van der Waals surface area (Å²) >= 11 is 0. The molecule has 0 fully saturated rings.